The molecule has 0 bridgehead atoms. The molecule has 20 heavy (non-hydrogen) atoms. The molecule has 0 radical (unpaired) electrons. The van der Waals surface area contributed by atoms with Crippen LogP contribution in [0.1, 0.15) is 42.9 Å². The van der Waals surface area contributed by atoms with E-state index in [1.54, 1.807) is 0 Å². The van der Waals surface area contributed by atoms with Gasteiger partial charge in [-0.2, -0.15) is 0 Å². The van der Waals surface area contributed by atoms with E-state index in [4.69, 9.17) is 4.74 Å². The van der Waals surface area contributed by atoms with Crippen molar-refractivity contribution in [3.8, 4) is 5.75 Å². The lowest BCUT2D eigenvalue weighted by molar-refractivity contribution is 0.166. The number of ether oxygens (including phenoxy) is 1. The second-order valence-electron chi connectivity index (χ2n) is 5.49. The first-order valence-electron chi connectivity index (χ1n) is 7.33. The normalized spacial score (nSPS) is 18.6. The predicted molar refractivity (Wildman–Crippen MR) is 79.0 cm³/mol. The third-order valence-corrected chi connectivity index (χ3v) is 3.95. The van der Waals surface area contributed by atoms with Crippen LogP contribution in [0.2, 0.25) is 0 Å². The lowest BCUT2D eigenvalue weighted by atomic mass is 10.0. The van der Waals surface area contributed by atoms with E-state index in [0.717, 1.165) is 37.3 Å². The Morgan fingerprint density at radius 1 is 1.35 bits per heavy atom. The van der Waals surface area contributed by atoms with E-state index in [-0.39, 0.29) is 6.10 Å². The Morgan fingerprint density at radius 3 is 3.05 bits per heavy atom. The van der Waals surface area contributed by atoms with Crippen LogP contribution in [0.5, 0.6) is 5.75 Å². The smallest absolute Gasteiger partial charge is 0.122 e. The molecule has 0 amide bonds. The van der Waals surface area contributed by atoms with E-state index in [2.05, 4.69) is 36.0 Å². The number of hydrogen-bond acceptors (Lipinski definition) is 2. The Kier molecular flexibility index (Phi) is 3.79. The Morgan fingerprint density at radius 2 is 2.20 bits per heavy atom. The molecule has 1 aromatic carbocycles. The topological polar surface area (TPSA) is 34.4 Å². The van der Waals surface area contributed by atoms with Crippen LogP contribution in [0.3, 0.4) is 0 Å². The van der Waals surface area contributed by atoms with E-state index in [0.29, 0.717) is 5.92 Å². The van der Waals surface area contributed by atoms with E-state index in [1.807, 2.05) is 18.2 Å². The maximum absolute atomic E-state index is 10.0. The third kappa shape index (κ3) is 2.59. The van der Waals surface area contributed by atoms with E-state index in [1.165, 1.54) is 5.56 Å². The maximum Gasteiger partial charge on any atom is 0.122 e. The molecule has 2 atom stereocenters. The number of fused-ring (bicyclic) bond motifs is 1. The Bertz CT molecular complexity index is 576. The van der Waals surface area contributed by atoms with Crippen molar-refractivity contribution >= 4 is 0 Å². The van der Waals surface area contributed by atoms with Crippen molar-refractivity contribution in [3.63, 3.8) is 0 Å². The molecule has 0 saturated heterocycles. The number of aliphatic hydroxyl groups excluding tert-OH is 1. The van der Waals surface area contributed by atoms with Crippen molar-refractivity contribution in [2.24, 2.45) is 0 Å². The maximum atomic E-state index is 10.0. The van der Waals surface area contributed by atoms with Crippen LogP contribution >= 0.6 is 0 Å². The second kappa shape index (κ2) is 5.71. The fraction of sp³-hybridized carbons (Fsp3) is 0.412. The summed E-state index contributed by atoms with van der Waals surface area (Å²) in [6.45, 7) is 3.73. The molecule has 0 aliphatic carbocycles. The number of rotatable bonds is 5. The van der Waals surface area contributed by atoms with Gasteiger partial charge in [0.15, 0.2) is 0 Å². The molecular weight excluding hydrogens is 250 g/mol. The van der Waals surface area contributed by atoms with Gasteiger partial charge in [-0.25, -0.2) is 0 Å². The predicted octanol–water partition coefficient (Wildman–Crippen LogP) is 3.50. The molecule has 3 nitrogen and oxygen atoms in total. The molecule has 1 N–H and O–H groups in total. The fourth-order valence-electron chi connectivity index (χ4n) is 2.85. The van der Waals surface area contributed by atoms with Crippen molar-refractivity contribution < 1.29 is 9.84 Å². The zero-order valence-electron chi connectivity index (χ0n) is 11.8. The van der Waals surface area contributed by atoms with Crippen LogP contribution in [0, 0.1) is 0 Å². The van der Waals surface area contributed by atoms with Gasteiger partial charge >= 0.3 is 0 Å². The van der Waals surface area contributed by atoms with Crippen molar-refractivity contribution in [3.05, 3.63) is 53.9 Å². The summed E-state index contributed by atoms with van der Waals surface area (Å²) in [6, 6.07) is 10.3. The molecule has 0 spiro atoms. The quantitative estimate of drug-likeness (QED) is 0.903. The summed E-state index contributed by atoms with van der Waals surface area (Å²) >= 11 is 0. The van der Waals surface area contributed by atoms with Crippen molar-refractivity contribution in [2.75, 3.05) is 6.61 Å². The van der Waals surface area contributed by atoms with Crippen LogP contribution in [0.25, 0.3) is 0 Å². The van der Waals surface area contributed by atoms with Crippen LogP contribution in [-0.4, -0.2) is 16.3 Å². The van der Waals surface area contributed by atoms with Crippen molar-refractivity contribution in [1.82, 2.24) is 4.57 Å². The van der Waals surface area contributed by atoms with Crippen LogP contribution < -0.4 is 4.74 Å². The Labute approximate surface area is 119 Å². The summed E-state index contributed by atoms with van der Waals surface area (Å²) in [5.41, 5.74) is 2.30. The monoisotopic (exact) mass is 271 g/mol. The van der Waals surface area contributed by atoms with Crippen LogP contribution in [0.15, 0.2) is 42.7 Å². The lowest BCUT2D eigenvalue weighted by Gasteiger charge is -2.10. The summed E-state index contributed by atoms with van der Waals surface area (Å²) in [5, 5.41) is 10.0. The number of para-hydroxylation sites is 1. The average Bonchev–Trinajstić information content (AvgIpc) is 3.08. The van der Waals surface area contributed by atoms with Gasteiger partial charge in [-0.05, 0) is 24.1 Å². The Hall–Kier alpha value is -1.74. The summed E-state index contributed by atoms with van der Waals surface area (Å²) in [7, 11) is 0. The highest BCUT2D eigenvalue weighted by Crippen LogP contribution is 2.34. The van der Waals surface area contributed by atoms with Gasteiger partial charge in [0.1, 0.15) is 5.75 Å². The zero-order chi connectivity index (χ0) is 13.9. The highest BCUT2D eigenvalue weighted by molar-refractivity contribution is 5.39. The standard InChI is InChI=1S/C17H21NO2/c1-2-5-16(19)13-8-9-18(10-13)11-14-12-20-17-7-4-3-6-15(14)17/h3-4,6-10,14,16,19H,2,5,11-12H2,1H3. The molecule has 2 aromatic rings. The minimum absolute atomic E-state index is 0.339. The first kappa shape index (κ1) is 13.3. The molecule has 3 rings (SSSR count). The molecule has 1 aliphatic rings. The number of benzene rings is 1. The molecule has 106 valence electrons. The van der Waals surface area contributed by atoms with Gasteiger partial charge in [-0.15, -0.1) is 0 Å². The van der Waals surface area contributed by atoms with E-state index >= 15 is 0 Å². The summed E-state index contributed by atoms with van der Waals surface area (Å²) < 4.78 is 7.87. The van der Waals surface area contributed by atoms with Gasteiger partial charge < -0.3 is 14.4 Å². The fourth-order valence-corrected chi connectivity index (χ4v) is 2.85. The van der Waals surface area contributed by atoms with Gasteiger partial charge in [0, 0.05) is 30.4 Å². The largest absolute Gasteiger partial charge is 0.493 e. The van der Waals surface area contributed by atoms with Gasteiger partial charge in [-0.3, -0.25) is 0 Å². The molecule has 1 aliphatic heterocycles. The molecule has 1 aromatic heterocycles. The molecule has 2 unspecified atom stereocenters. The van der Waals surface area contributed by atoms with Crippen LogP contribution in [-0.2, 0) is 6.54 Å². The third-order valence-electron chi connectivity index (χ3n) is 3.95. The molecular formula is C17H21NO2. The number of nitrogens with zero attached hydrogens (tertiary/aromatic N) is 1. The van der Waals surface area contributed by atoms with Gasteiger partial charge in [0.25, 0.3) is 0 Å². The SMILES string of the molecule is CCCC(O)c1ccn(CC2COc3ccccc32)c1. The van der Waals surface area contributed by atoms with E-state index < -0.39 is 0 Å². The van der Waals surface area contributed by atoms with Gasteiger partial charge in [-0.1, -0.05) is 31.5 Å². The summed E-state index contributed by atoms with van der Waals surface area (Å²) in [4.78, 5) is 0. The molecule has 3 heteroatoms. The molecule has 0 saturated carbocycles. The molecule has 0 fully saturated rings. The highest BCUT2D eigenvalue weighted by atomic mass is 16.5. The first-order valence-corrected chi connectivity index (χ1v) is 7.33. The highest BCUT2D eigenvalue weighted by Gasteiger charge is 2.23. The number of aromatic nitrogens is 1. The number of hydrogen-bond donors (Lipinski definition) is 1. The minimum atomic E-state index is -0.339. The first-order chi connectivity index (χ1) is 9.78. The lowest BCUT2D eigenvalue weighted by Crippen LogP contribution is -2.09. The van der Waals surface area contributed by atoms with Gasteiger partial charge in [0.05, 0.1) is 12.7 Å². The van der Waals surface area contributed by atoms with Crippen LogP contribution in [0.4, 0.5) is 0 Å². The van der Waals surface area contributed by atoms with E-state index in [9.17, 15) is 5.11 Å². The molecule has 2 heterocycles. The second-order valence-corrected chi connectivity index (χ2v) is 5.49. The summed E-state index contributed by atoms with van der Waals surface area (Å²) in [6.07, 6.45) is 5.58. The van der Waals surface area contributed by atoms with Gasteiger partial charge in [0.2, 0.25) is 0 Å². The van der Waals surface area contributed by atoms with Crippen molar-refractivity contribution in [1.29, 1.82) is 0 Å². The van der Waals surface area contributed by atoms with Crippen molar-refractivity contribution in [2.45, 2.75) is 38.3 Å². The summed E-state index contributed by atoms with van der Waals surface area (Å²) in [5.74, 6) is 1.41. The Balaban J connectivity index is 1.70. The minimum Gasteiger partial charge on any atom is -0.493 e. The number of aliphatic hydroxyl groups is 1. The zero-order valence-corrected chi connectivity index (χ0v) is 11.8. The average molecular weight is 271 g/mol.